The number of nitro groups is 1. The Bertz CT molecular complexity index is 800. The average molecular weight is 326 g/mol. The summed E-state index contributed by atoms with van der Waals surface area (Å²) in [5.41, 5.74) is 5.17. The normalized spacial score (nSPS) is 10.6. The van der Waals surface area contributed by atoms with Crippen LogP contribution < -0.4 is 10.3 Å². The van der Waals surface area contributed by atoms with Gasteiger partial charge in [0.15, 0.2) is 0 Å². The van der Waals surface area contributed by atoms with Gasteiger partial charge >= 0.3 is 0 Å². The summed E-state index contributed by atoms with van der Waals surface area (Å²) in [5, 5.41) is 14.8. The number of rotatable bonds is 5. The first-order valence-electron chi connectivity index (χ1n) is 7.24. The maximum atomic E-state index is 12.0. The van der Waals surface area contributed by atoms with E-state index in [1.54, 1.807) is 24.3 Å². The number of nitro benzene ring substituents is 1. The molecule has 0 saturated carbocycles. The molecule has 2 aromatic carbocycles. The summed E-state index contributed by atoms with van der Waals surface area (Å²) in [7, 11) is 3.65. The van der Waals surface area contributed by atoms with Crippen molar-refractivity contribution in [1.82, 2.24) is 5.43 Å². The van der Waals surface area contributed by atoms with Gasteiger partial charge in [0.05, 0.1) is 11.1 Å². The zero-order valence-corrected chi connectivity index (χ0v) is 13.7. The number of non-ortho nitro benzene ring substituents is 1. The first kappa shape index (κ1) is 17.1. The van der Waals surface area contributed by atoms with Gasteiger partial charge in [-0.05, 0) is 25.1 Å². The molecule has 0 saturated heterocycles. The SMILES string of the molecule is Cc1cccc(C(=O)N/N=C\c2cc([N+](=O)[O-])ccc2N(C)C)c1. The predicted octanol–water partition coefficient (Wildman–Crippen LogP) is 2.73. The van der Waals surface area contributed by atoms with E-state index in [0.717, 1.165) is 11.3 Å². The Kier molecular flexibility index (Phi) is 5.26. The minimum atomic E-state index is -0.470. The van der Waals surface area contributed by atoms with Crippen LogP contribution in [0.5, 0.6) is 0 Å². The molecule has 7 nitrogen and oxygen atoms in total. The fraction of sp³-hybridized carbons (Fsp3) is 0.176. The summed E-state index contributed by atoms with van der Waals surface area (Å²) in [6.45, 7) is 1.90. The zero-order chi connectivity index (χ0) is 17.7. The highest BCUT2D eigenvalue weighted by Gasteiger charge is 2.11. The maximum Gasteiger partial charge on any atom is 0.271 e. The number of anilines is 1. The Morgan fingerprint density at radius 2 is 2.00 bits per heavy atom. The minimum Gasteiger partial charge on any atom is -0.377 e. The third-order valence-electron chi connectivity index (χ3n) is 3.35. The quantitative estimate of drug-likeness (QED) is 0.520. The summed E-state index contributed by atoms with van der Waals surface area (Å²) in [6, 6.07) is 11.6. The lowest BCUT2D eigenvalue weighted by atomic mass is 10.1. The fourth-order valence-electron chi connectivity index (χ4n) is 2.18. The molecule has 0 atom stereocenters. The third-order valence-corrected chi connectivity index (χ3v) is 3.35. The summed E-state index contributed by atoms with van der Waals surface area (Å²) < 4.78 is 0. The Labute approximate surface area is 139 Å². The van der Waals surface area contributed by atoms with Gasteiger partial charge in [-0.2, -0.15) is 5.10 Å². The second-order valence-electron chi connectivity index (χ2n) is 5.46. The topological polar surface area (TPSA) is 87.8 Å². The van der Waals surface area contributed by atoms with Crippen LogP contribution in [0.25, 0.3) is 0 Å². The molecular formula is C17H18N4O3. The first-order valence-corrected chi connectivity index (χ1v) is 7.24. The van der Waals surface area contributed by atoms with E-state index >= 15 is 0 Å². The van der Waals surface area contributed by atoms with Gasteiger partial charge in [0.2, 0.25) is 0 Å². The molecule has 0 aliphatic heterocycles. The molecule has 0 fully saturated rings. The number of carbonyl (C=O) groups excluding carboxylic acids is 1. The smallest absolute Gasteiger partial charge is 0.271 e. The number of hydrogen-bond acceptors (Lipinski definition) is 5. The van der Waals surface area contributed by atoms with Gasteiger partial charge in [-0.25, -0.2) is 5.43 Å². The number of nitrogens with zero attached hydrogens (tertiary/aromatic N) is 3. The lowest BCUT2D eigenvalue weighted by Gasteiger charge is -2.14. The predicted molar refractivity (Wildman–Crippen MR) is 93.7 cm³/mol. The summed E-state index contributed by atoms with van der Waals surface area (Å²) >= 11 is 0. The molecule has 24 heavy (non-hydrogen) atoms. The number of benzene rings is 2. The highest BCUT2D eigenvalue weighted by atomic mass is 16.6. The van der Waals surface area contributed by atoms with Crippen LogP contribution in [0.1, 0.15) is 21.5 Å². The monoisotopic (exact) mass is 326 g/mol. The number of hydrogen-bond donors (Lipinski definition) is 1. The molecule has 1 N–H and O–H groups in total. The molecule has 0 bridgehead atoms. The van der Waals surface area contributed by atoms with Crippen molar-refractivity contribution in [2.24, 2.45) is 5.10 Å². The number of nitrogens with one attached hydrogen (secondary N) is 1. The van der Waals surface area contributed by atoms with Crippen molar-refractivity contribution in [2.75, 3.05) is 19.0 Å². The molecule has 0 aliphatic rings. The van der Waals surface area contributed by atoms with Crippen LogP contribution in [-0.2, 0) is 0 Å². The van der Waals surface area contributed by atoms with E-state index in [2.05, 4.69) is 10.5 Å². The second-order valence-corrected chi connectivity index (χ2v) is 5.46. The van der Waals surface area contributed by atoms with E-state index < -0.39 is 4.92 Å². The van der Waals surface area contributed by atoms with Gasteiger partial charge in [0.1, 0.15) is 0 Å². The largest absolute Gasteiger partial charge is 0.377 e. The van der Waals surface area contributed by atoms with Crippen molar-refractivity contribution in [1.29, 1.82) is 0 Å². The van der Waals surface area contributed by atoms with Crippen LogP contribution in [0.3, 0.4) is 0 Å². The molecule has 0 aromatic heterocycles. The van der Waals surface area contributed by atoms with Crippen LogP contribution in [0.4, 0.5) is 11.4 Å². The first-order chi connectivity index (χ1) is 11.4. The number of hydrazone groups is 1. The molecule has 2 aromatic rings. The highest BCUT2D eigenvalue weighted by Crippen LogP contribution is 2.22. The summed E-state index contributed by atoms with van der Waals surface area (Å²) in [4.78, 5) is 24.3. The number of aryl methyl sites for hydroxylation is 1. The molecule has 7 heteroatoms. The van der Waals surface area contributed by atoms with E-state index in [1.165, 1.54) is 18.3 Å². The molecule has 0 heterocycles. The van der Waals surface area contributed by atoms with Crippen molar-refractivity contribution < 1.29 is 9.72 Å². The van der Waals surface area contributed by atoms with Gasteiger partial charge in [-0.3, -0.25) is 14.9 Å². The van der Waals surface area contributed by atoms with Crippen molar-refractivity contribution in [2.45, 2.75) is 6.92 Å². The maximum absolute atomic E-state index is 12.0. The van der Waals surface area contributed by atoms with Crippen LogP contribution in [0.15, 0.2) is 47.6 Å². The summed E-state index contributed by atoms with van der Waals surface area (Å²) in [5.74, 6) is -0.341. The highest BCUT2D eigenvalue weighted by molar-refractivity contribution is 5.95. The molecular weight excluding hydrogens is 308 g/mol. The Hall–Kier alpha value is -3.22. The second kappa shape index (κ2) is 7.36. The molecule has 0 radical (unpaired) electrons. The van der Waals surface area contributed by atoms with Crippen molar-refractivity contribution in [3.8, 4) is 0 Å². The Balaban J connectivity index is 2.20. The van der Waals surface area contributed by atoms with Crippen LogP contribution in [0, 0.1) is 17.0 Å². The zero-order valence-electron chi connectivity index (χ0n) is 13.7. The van der Waals surface area contributed by atoms with E-state index in [4.69, 9.17) is 0 Å². The van der Waals surface area contributed by atoms with Gasteiger partial charge < -0.3 is 4.90 Å². The number of carbonyl (C=O) groups is 1. The molecule has 2 rings (SSSR count). The standard InChI is InChI=1S/C17H18N4O3/c1-12-5-4-6-13(9-12)17(22)19-18-11-14-10-15(21(23)24)7-8-16(14)20(2)3/h4-11H,1-3H3,(H,19,22)/b18-11-. The molecule has 1 amide bonds. The van der Waals surface area contributed by atoms with Gasteiger partial charge in [0, 0.05) is 43.0 Å². The van der Waals surface area contributed by atoms with Gasteiger partial charge in [0.25, 0.3) is 11.6 Å². The van der Waals surface area contributed by atoms with Gasteiger partial charge in [-0.1, -0.05) is 17.7 Å². The van der Waals surface area contributed by atoms with Crippen molar-refractivity contribution in [3.63, 3.8) is 0 Å². The van der Waals surface area contributed by atoms with Crippen molar-refractivity contribution in [3.05, 3.63) is 69.3 Å². The molecule has 0 aliphatic carbocycles. The lowest BCUT2D eigenvalue weighted by molar-refractivity contribution is -0.384. The number of amides is 1. The van der Waals surface area contributed by atoms with Crippen LogP contribution in [-0.4, -0.2) is 31.1 Å². The van der Waals surface area contributed by atoms with E-state index in [9.17, 15) is 14.9 Å². The lowest BCUT2D eigenvalue weighted by Crippen LogP contribution is -2.18. The third kappa shape index (κ3) is 4.16. The van der Waals surface area contributed by atoms with Gasteiger partial charge in [-0.15, -0.1) is 0 Å². The molecule has 0 unspecified atom stereocenters. The average Bonchev–Trinajstić information content (AvgIpc) is 2.54. The van der Waals surface area contributed by atoms with Crippen LogP contribution in [0.2, 0.25) is 0 Å². The van der Waals surface area contributed by atoms with E-state index in [1.807, 2.05) is 32.0 Å². The van der Waals surface area contributed by atoms with E-state index in [-0.39, 0.29) is 11.6 Å². The van der Waals surface area contributed by atoms with E-state index in [0.29, 0.717) is 11.1 Å². The van der Waals surface area contributed by atoms with Crippen LogP contribution >= 0.6 is 0 Å². The fourth-order valence-corrected chi connectivity index (χ4v) is 2.18. The molecule has 0 spiro atoms. The Morgan fingerprint density at radius 1 is 1.25 bits per heavy atom. The summed E-state index contributed by atoms with van der Waals surface area (Å²) in [6.07, 6.45) is 1.40. The minimum absolute atomic E-state index is 0.0351. The molecule has 124 valence electrons. The Morgan fingerprint density at radius 3 is 2.62 bits per heavy atom. The van der Waals surface area contributed by atoms with Crippen molar-refractivity contribution >= 4 is 23.5 Å².